The Morgan fingerprint density at radius 3 is 2.52 bits per heavy atom. The number of rotatable bonds is 4. The van der Waals surface area contributed by atoms with E-state index in [1.807, 2.05) is 37.3 Å². The first-order chi connectivity index (χ1) is 10.1. The van der Waals surface area contributed by atoms with Crippen molar-refractivity contribution in [1.82, 2.24) is 4.98 Å². The minimum absolute atomic E-state index is 0.618. The smallest absolute Gasteiger partial charge is 0.191 e. The molecular weight excluding hydrogens is 400 g/mol. The van der Waals surface area contributed by atoms with Gasteiger partial charge in [-0.25, -0.2) is 4.98 Å². The summed E-state index contributed by atoms with van der Waals surface area (Å²) in [6.45, 7) is 2.45. The number of anilines is 1. The van der Waals surface area contributed by atoms with Crippen LogP contribution >= 0.6 is 31.9 Å². The third-order valence-electron chi connectivity index (χ3n) is 2.96. The van der Waals surface area contributed by atoms with Crippen molar-refractivity contribution in [1.29, 1.82) is 0 Å². The second-order valence-corrected chi connectivity index (χ2v) is 6.09. The van der Waals surface area contributed by atoms with Crippen LogP contribution in [0.25, 0.3) is 11.3 Å². The number of furan rings is 1. The quantitative estimate of drug-likeness (QED) is 0.626. The van der Waals surface area contributed by atoms with Gasteiger partial charge in [-0.3, -0.25) is 0 Å². The number of benzene rings is 1. The van der Waals surface area contributed by atoms with Gasteiger partial charge in [0.05, 0.1) is 11.0 Å². The molecule has 1 aromatic carbocycles. The highest BCUT2D eigenvalue weighted by Crippen LogP contribution is 2.27. The van der Waals surface area contributed by atoms with Crippen molar-refractivity contribution in [2.24, 2.45) is 0 Å². The lowest BCUT2D eigenvalue weighted by Gasteiger charge is -2.05. The Balaban J connectivity index is 1.67. The highest BCUT2D eigenvalue weighted by Gasteiger charge is 2.06. The molecule has 0 amide bonds. The van der Waals surface area contributed by atoms with Crippen molar-refractivity contribution >= 4 is 37.5 Å². The van der Waals surface area contributed by atoms with Crippen LogP contribution in [0.3, 0.4) is 0 Å². The van der Waals surface area contributed by atoms with E-state index in [0.717, 1.165) is 27.2 Å². The summed E-state index contributed by atoms with van der Waals surface area (Å²) in [4.78, 5) is 4.30. The largest absolute Gasteiger partial charge is 0.451 e. The Labute approximate surface area is 138 Å². The minimum atomic E-state index is 0.618. The summed E-state index contributed by atoms with van der Waals surface area (Å²) in [5.74, 6) is 1.52. The zero-order chi connectivity index (χ0) is 14.8. The van der Waals surface area contributed by atoms with Gasteiger partial charge < -0.3 is 14.2 Å². The van der Waals surface area contributed by atoms with Gasteiger partial charge in [0.15, 0.2) is 10.6 Å². The normalized spacial score (nSPS) is 10.8. The Morgan fingerprint density at radius 1 is 1.19 bits per heavy atom. The maximum atomic E-state index is 5.52. The Hall–Kier alpha value is -1.53. The number of nitrogens with zero attached hydrogens (tertiary/aromatic N) is 1. The molecule has 0 unspecified atom stereocenters. The van der Waals surface area contributed by atoms with Crippen LogP contribution in [0.1, 0.15) is 11.7 Å². The van der Waals surface area contributed by atoms with Gasteiger partial charge in [0, 0.05) is 18.2 Å². The SMILES string of the molecule is Cc1nc(-c2ccc(NCc3cc(Br)c(Br)o3)cc2)co1. The summed E-state index contributed by atoms with van der Waals surface area (Å²) in [6, 6.07) is 9.96. The summed E-state index contributed by atoms with van der Waals surface area (Å²) in [5, 5.41) is 3.31. The van der Waals surface area contributed by atoms with Crippen LogP contribution in [-0.4, -0.2) is 4.98 Å². The molecule has 0 radical (unpaired) electrons. The molecule has 3 rings (SSSR count). The van der Waals surface area contributed by atoms with E-state index >= 15 is 0 Å². The second kappa shape index (κ2) is 6.07. The van der Waals surface area contributed by atoms with E-state index in [4.69, 9.17) is 8.83 Å². The number of halogens is 2. The van der Waals surface area contributed by atoms with Crippen LogP contribution < -0.4 is 5.32 Å². The average molecular weight is 412 g/mol. The summed E-state index contributed by atoms with van der Waals surface area (Å²) in [7, 11) is 0. The lowest BCUT2D eigenvalue weighted by Crippen LogP contribution is -1.97. The molecule has 0 saturated carbocycles. The summed E-state index contributed by atoms with van der Waals surface area (Å²) >= 11 is 6.72. The van der Waals surface area contributed by atoms with Crippen molar-refractivity contribution in [3.8, 4) is 11.3 Å². The molecule has 6 heteroatoms. The van der Waals surface area contributed by atoms with Crippen molar-refractivity contribution < 1.29 is 8.83 Å². The van der Waals surface area contributed by atoms with Gasteiger partial charge in [0.1, 0.15) is 17.7 Å². The molecule has 0 saturated heterocycles. The zero-order valence-electron chi connectivity index (χ0n) is 11.2. The molecule has 21 heavy (non-hydrogen) atoms. The van der Waals surface area contributed by atoms with E-state index in [9.17, 15) is 0 Å². The molecule has 2 aromatic heterocycles. The Bertz CT molecular complexity index is 728. The van der Waals surface area contributed by atoms with E-state index in [1.165, 1.54) is 0 Å². The van der Waals surface area contributed by atoms with Crippen LogP contribution in [0, 0.1) is 6.92 Å². The van der Waals surface area contributed by atoms with Crippen molar-refractivity contribution in [2.45, 2.75) is 13.5 Å². The number of aromatic nitrogens is 1. The van der Waals surface area contributed by atoms with E-state index in [-0.39, 0.29) is 0 Å². The number of oxazole rings is 1. The van der Waals surface area contributed by atoms with Gasteiger partial charge in [0.25, 0.3) is 0 Å². The van der Waals surface area contributed by atoms with E-state index in [0.29, 0.717) is 17.1 Å². The number of hydrogen-bond acceptors (Lipinski definition) is 4. The zero-order valence-corrected chi connectivity index (χ0v) is 14.4. The first kappa shape index (κ1) is 14.4. The summed E-state index contributed by atoms with van der Waals surface area (Å²) in [6.07, 6.45) is 1.66. The van der Waals surface area contributed by atoms with Gasteiger partial charge in [-0.1, -0.05) is 12.1 Å². The van der Waals surface area contributed by atoms with Crippen molar-refractivity contribution in [3.63, 3.8) is 0 Å². The number of nitrogens with one attached hydrogen (secondary N) is 1. The molecule has 4 nitrogen and oxygen atoms in total. The summed E-state index contributed by atoms with van der Waals surface area (Å²) < 4.78 is 12.4. The maximum Gasteiger partial charge on any atom is 0.191 e. The third kappa shape index (κ3) is 3.39. The second-order valence-electron chi connectivity index (χ2n) is 4.52. The average Bonchev–Trinajstić information content (AvgIpc) is 3.04. The van der Waals surface area contributed by atoms with Gasteiger partial charge in [-0.2, -0.15) is 0 Å². The molecular formula is C15H12Br2N2O2. The predicted molar refractivity (Wildman–Crippen MR) is 88.1 cm³/mol. The van der Waals surface area contributed by atoms with Crippen LogP contribution in [0.15, 0.2) is 54.6 Å². The molecule has 0 spiro atoms. The first-order valence-electron chi connectivity index (χ1n) is 6.32. The molecule has 108 valence electrons. The fourth-order valence-corrected chi connectivity index (χ4v) is 2.58. The van der Waals surface area contributed by atoms with Crippen LogP contribution in [0.2, 0.25) is 0 Å². The fourth-order valence-electron chi connectivity index (χ4n) is 1.92. The predicted octanol–water partition coefficient (Wildman–Crippen LogP) is 5.38. The monoisotopic (exact) mass is 410 g/mol. The van der Waals surface area contributed by atoms with Gasteiger partial charge in [-0.15, -0.1) is 0 Å². The lowest BCUT2D eigenvalue weighted by atomic mass is 10.1. The highest BCUT2D eigenvalue weighted by molar-refractivity contribution is 9.13. The first-order valence-corrected chi connectivity index (χ1v) is 7.90. The van der Waals surface area contributed by atoms with Crippen LogP contribution in [-0.2, 0) is 6.54 Å². The van der Waals surface area contributed by atoms with Crippen molar-refractivity contribution in [3.05, 3.63) is 57.4 Å². The molecule has 0 fully saturated rings. The van der Waals surface area contributed by atoms with Crippen molar-refractivity contribution in [2.75, 3.05) is 5.32 Å². The Morgan fingerprint density at radius 2 is 1.95 bits per heavy atom. The van der Waals surface area contributed by atoms with E-state index in [1.54, 1.807) is 6.26 Å². The molecule has 2 heterocycles. The lowest BCUT2D eigenvalue weighted by molar-refractivity contribution is 0.494. The maximum absolute atomic E-state index is 5.52. The highest BCUT2D eigenvalue weighted by atomic mass is 79.9. The summed E-state index contributed by atoms with van der Waals surface area (Å²) in [5.41, 5.74) is 2.89. The molecule has 0 bridgehead atoms. The molecule has 0 aliphatic carbocycles. The molecule has 0 atom stereocenters. The van der Waals surface area contributed by atoms with E-state index in [2.05, 4.69) is 42.2 Å². The molecule has 0 aliphatic heterocycles. The van der Waals surface area contributed by atoms with Crippen LogP contribution in [0.4, 0.5) is 5.69 Å². The minimum Gasteiger partial charge on any atom is -0.451 e. The number of aryl methyl sites for hydroxylation is 1. The van der Waals surface area contributed by atoms with E-state index < -0.39 is 0 Å². The van der Waals surface area contributed by atoms with Gasteiger partial charge >= 0.3 is 0 Å². The third-order valence-corrected chi connectivity index (χ3v) is 4.67. The standard InChI is InChI=1S/C15H12Br2N2O2/c1-9-19-14(8-20-9)10-2-4-11(5-3-10)18-7-12-6-13(16)15(17)21-12/h2-6,8,18H,7H2,1H3. The fraction of sp³-hybridized carbons (Fsp3) is 0.133. The topological polar surface area (TPSA) is 51.2 Å². The molecule has 0 aliphatic rings. The Kier molecular flexibility index (Phi) is 4.17. The van der Waals surface area contributed by atoms with Gasteiger partial charge in [-0.05, 0) is 50.1 Å². The molecule has 3 aromatic rings. The number of hydrogen-bond donors (Lipinski definition) is 1. The van der Waals surface area contributed by atoms with Gasteiger partial charge in [0.2, 0.25) is 0 Å². The molecule has 1 N–H and O–H groups in total. The van der Waals surface area contributed by atoms with Crippen LogP contribution in [0.5, 0.6) is 0 Å².